The molecule has 0 radical (unpaired) electrons. The van der Waals surface area contributed by atoms with Crippen LogP contribution in [0.2, 0.25) is 0 Å². The van der Waals surface area contributed by atoms with E-state index in [1.54, 1.807) is 12.3 Å². The number of nitrogens with zero attached hydrogens (tertiary/aromatic N) is 4. The third-order valence-electron chi connectivity index (χ3n) is 4.31. The van der Waals surface area contributed by atoms with Gasteiger partial charge in [0.1, 0.15) is 11.8 Å². The van der Waals surface area contributed by atoms with Crippen molar-refractivity contribution in [3.8, 4) is 23.3 Å². The molecule has 1 aliphatic rings. The van der Waals surface area contributed by atoms with Crippen LogP contribution in [0, 0.1) is 22.7 Å². The van der Waals surface area contributed by atoms with Gasteiger partial charge in [0.25, 0.3) is 0 Å². The normalized spacial score (nSPS) is 13.3. The lowest BCUT2D eigenvalue weighted by Crippen LogP contribution is -2.35. The Balaban J connectivity index is 2.12. The maximum atomic E-state index is 9.57. The summed E-state index contributed by atoms with van der Waals surface area (Å²) in [7, 11) is 0. The monoisotopic (exact) mass is 302 g/mol. The first kappa shape index (κ1) is 15.1. The first-order valence-electron chi connectivity index (χ1n) is 7.84. The maximum Gasteiger partial charge on any atom is 0.140 e. The van der Waals surface area contributed by atoms with E-state index in [0.717, 1.165) is 30.5 Å². The quantitative estimate of drug-likeness (QED) is 0.849. The Morgan fingerprint density at radius 2 is 2.00 bits per heavy atom. The summed E-state index contributed by atoms with van der Waals surface area (Å²) in [6.45, 7) is 5.40. The van der Waals surface area contributed by atoms with Gasteiger partial charge in [-0.25, -0.2) is 4.98 Å². The minimum Gasteiger partial charge on any atom is -0.369 e. The van der Waals surface area contributed by atoms with Crippen molar-refractivity contribution in [2.45, 2.75) is 32.7 Å². The van der Waals surface area contributed by atoms with Gasteiger partial charge in [0.2, 0.25) is 0 Å². The van der Waals surface area contributed by atoms with Crippen LogP contribution in [0.25, 0.3) is 11.1 Å². The molecule has 0 spiro atoms. The second-order valence-corrected chi connectivity index (χ2v) is 6.07. The lowest BCUT2D eigenvalue weighted by Gasteiger charge is -2.35. The minimum absolute atomic E-state index is 0.385. The molecule has 0 bridgehead atoms. The second-order valence-electron chi connectivity index (χ2n) is 6.07. The van der Waals surface area contributed by atoms with E-state index in [-0.39, 0.29) is 0 Å². The van der Waals surface area contributed by atoms with Crippen molar-refractivity contribution in [1.29, 1.82) is 10.5 Å². The summed E-state index contributed by atoms with van der Waals surface area (Å²) in [6.07, 6.45) is 3.83. The van der Waals surface area contributed by atoms with E-state index in [2.05, 4.69) is 35.9 Å². The molecule has 23 heavy (non-hydrogen) atoms. The highest BCUT2D eigenvalue weighted by Gasteiger charge is 2.21. The molecule has 1 aromatic carbocycles. The van der Waals surface area contributed by atoms with Gasteiger partial charge >= 0.3 is 0 Å². The van der Waals surface area contributed by atoms with Crippen LogP contribution in [-0.2, 0) is 6.42 Å². The average molecular weight is 302 g/mol. The van der Waals surface area contributed by atoms with Crippen molar-refractivity contribution in [3.05, 3.63) is 47.3 Å². The SMILES string of the molecule is CC(C)N1CCCc2cc(-c3ccc(C#N)nc3)c(C#N)cc21. The Bertz CT molecular complexity index is 807. The molecular formula is C19H18N4. The van der Waals surface area contributed by atoms with Crippen LogP contribution in [0.3, 0.4) is 0 Å². The van der Waals surface area contributed by atoms with Crippen molar-refractivity contribution in [2.75, 3.05) is 11.4 Å². The van der Waals surface area contributed by atoms with Crippen LogP contribution in [0.5, 0.6) is 0 Å². The van der Waals surface area contributed by atoms with Crippen molar-refractivity contribution in [3.63, 3.8) is 0 Å². The smallest absolute Gasteiger partial charge is 0.140 e. The van der Waals surface area contributed by atoms with Gasteiger partial charge in [-0.3, -0.25) is 0 Å². The van der Waals surface area contributed by atoms with Gasteiger partial charge < -0.3 is 4.90 Å². The molecule has 2 heterocycles. The number of hydrogen-bond donors (Lipinski definition) is 0. The number of nitriles is 2. The molecule has 0 saturated heterocycles. The van der Waals surface area contributed by atoms with Gasteiger partial charge in [0.15, 0.2) is 0 Å². The number of aryl methyl sites for hydroxylation is 1. The summed E-state index contributed by atoms with van der Waals surface area (Å²) in [5.74, 6) is 0. The summed E-state index contributed by atoms with van der Waals surface area (Å²) < 4.78 is 0. The number of anilines is 1. The van der Waals surface area contributed by atoms with Crippen LogP contribution in [0.15, 0.2) is 30.5 Å². The first-order valence-corrected chi connectivity index (χ1v) is 7.84. The molecule has 2 aromatic rings. The van der Waals surface area contributed by atoms with E-state index in [1.165, 1.54) is 11.3 Å². The fourth-order valence-electron chi connectivity index (χ4n) is 3.15. The Morgan fingerprint density at radius 3 is 2.61 bits per heavy atom. The molecule has 4 nitrogen and oxygen atoms in total. The largest absolute Gasteiger partial charge is 0.369 e. The molecule has 0 fully saturated rings. The third kappa shape index (κ3) is 2.76. The van der Waals surface area contributed by atoms with Crippen LogP contribution in [0.4, 0.5) is 5.69 Å². The summed E-state index contributed by atoms with van der Waals surface area (Å²) in [5, 5.41) is 18.4. The topological polar surface area (TPSA) is 63.7 Å². The minimum atomic E-state index is 0.385. The molecule has 4 heteroatoms. The molecule has 0 unspecified atom stereocenters. The van der Waals surface area contributed by atoms with Crippen molar-refractivity contribution in [1.82, 2.24) is 4.98 Å². The number of hydrogen-bond acceptors (Lipinski definition) is 4. The van der Waals surface area contributed by atoms with Crippen LogP contribution in [-0.4, -0.2) is 17.6 Å². The zero-order chi connectivity index (χ0) is 16.4. The van der Waals surface area contributed by atoms with E-state index in [1.807, 2.05) is 18.2 Å². The predicted octanol–water partition coefficient (Wildman–Crippen LogP) is 3.65. The van der Waals surface area contributed by atoms with Gasteiger partial charge in [-0.15, -0.1) is 0 Å². The predicted molar refractivity (Wildman–Crippen MR) is 89.9 cm³/mol. The molecule has 0 aliphatic carbocycles. The number of fused-ring (bicyclic) bond motifs is 1. The van der Waals surface area contributed by atoms with Gasteiger partial charge in [-0.1, -0.05) is 0 Å². The van der Waals surface area contributed by atoms with Gasteiger partial charge in [0.05, 0.1) is 11.6 Å². The zero-order valence-corrected chi connectivity index (χ0v) is 13.4. The standard InChI is InChI=1S/C19H18N4/c1-13(2)23-7-3-4-14-8-18(16(10-20)9-19(14)23)15-5-6-17(11-21)22-12-15/h5-6,8-9,12-13H,3-4,7H2,1-2H3. The maximum absolute atomic E-state index is 9.57. The fraction of sp³-hybridized carbons (Fsp3) is 0.316. The van der Waals surface area contributed by atoms with E-state index in [0.29, 0.717) is 17.3 Å². The second kappa shape index (κ2) is 6.10. The fourth-order valence-corrected chi connectivity index (χ4v) is 3.15. The van der Waals surface area contributed by atoms with Crippen LogP contribution in [0.1, 0.15) is 37.1 Å². The number of aromatic nitrogens is 1. The molecule has 0 amide bonds. The van der Waals surface area contributed by atoms with E-state index >= 15 is 0 Å². The average Bonchev–Trinajstić information content (AvgIpc) is 2.59. The Kier molecular flexibility index (Phi) is 4.00. The van der Waals surface area contributed by atoms with Crippen LogP contribution < -0.4 is 4.90 Å². The molecule has 3 rings (SSSR count). The molecule has 1 aliphatic heterocycles. The number of benzene rings is 1. The van der Waals surface area contributed by atoms with E-state index in [9.17, 15) is 5.26 Å². The van der Waals surface area contributed by atoms with E-state index < -0.39 is 0 Å². The highest BCUT2D eigenvalue weighted by Crippen LogP contribution is 2.35. The summed E-state index contributed by atoms with van der Waals surface area (Å²) >= 11 is 0. The summed E-state index contributed by atoms with van der Waals surface area (Å²) in [4.78, 5) is 6.48. The lowest BCUT2D eigenvalue weighted by molar-refractivity contribution is 0.625. The Labute approximate surface area is 136 Å². The third-order valence-corrected chi connectivity index (χ3v) is 4.31. The van der Waals surface area contributed by atoms with Crippen molar-refractivity contribution in [2.24, 2.45) is 0 Å². The molecule has 1 aromatic heterocycles. The molecular weight excluding hydrogens is 284 g/mol. The van der Waals surface area contributed by atoms with Crippen molar-refractivity contribution < 1.29 is 0 Å². The highest BCUT2D eigenvalue weighted by molar-refractivity contribution is 5.76. The summed E-state index contributed by atoms with van der Waals surface area (Å²) in [6, 6.07) is 12.4. The molecule has 0 atom stereocenters. The lowest BCUT2D eigenvalue weighted by atomic mass is 9.92. The number of rotatable bonds is 2. The zero-order valence-electron chi connectivity index (χ0n) is 13.4. The number of pyridine rings is 1. The van der Waals surface area contributed by atoms with Gasteiger partial charge in [-0.2, -0.15) is 10.5 Å². The van der Waals surface area contributed by atoms with Gasteiger partial charge in [0, 0.05) is 35.6 Å². The Morgan fingerprint density at radius 1 is 1.17 bits per heavy atom. The molecule has 0 N–H and O–H groups in total. The van der Waals surface area contributed by atoms with Crippen molar-refractivity contribution >= 4 is 5.69 Å². The van der Waals surface area contributed by atoms with Gasteiger partial charge in [-0.05, 0) is 56.5 Å². The van der Waals surface area contributed by atoms with Crippen LogP contribution >= 0.6 is 0 Å². The highest BCUT2D eigenvalue weighted by atomic mass is 15.2. The molecule has 114 valence electrons. The van der Waals surface area contributed by atoms with E-state index in [4.69, 9.17) is 5.26 Å². The molecule has 0 saturated carbocycles. The Hall–Kier alpha value is -2.85. The summed E-state index contributed by atoms with van der Waals surface area (Å²) in [5.41, 5.74) is 5.27. The first-order chi connectivity index (χ1) is 11.1.